The summed E-state index contributed by atoms with van der Waals surface area (Å²) in [6, 6.07) is 9.37. The number of aliphatic hydroxyl groups excluding tert-OH is 1. The normalized spacial score (nSPS) is 40.6. The van der Waals surface area contributed by atoms with Crippen LogP contribution in [0.15, 0.2) is 48.6 Å². The van der Waals surface area contributed by atoms with Crippen molar-refractivity contribution in [1.82, 2.24) is 0 Å². The highest BCUT2D eigenvalue weighted by Gasteiger charge is 2.91. The summed E-state index contributed by atoms with van der Waals surface area (Å²) in [7, 11) is 0. The maximum atomic E-state index is 13.7. The van der Waals surface area contributed by atoms with Crippen molar-refractivity contribution in [3.8, 4) is 0 Å². The smallest absolute Gasteiger partial charge is 0.331 e. The molecule has 0 amide bonds. The lowest BCUT2D eigenvalue weighted by atomic mass is 9.42. The van der Waals surface area contributed by atoms with Crippen LogP contribution in [0, 0.1) is 33.5 Å². The summed E-state index contributed by atoms with van der Waals surface area (Å²) >= 11 is 0. The average molecular weight is 565 g/mol. The minimum atomic E-state index is -1.25. The Hall–Kier alpha value is -3.26. The van der Waals surface area contributed by atoms with Crippen LogP contribution in [0.5, 0.6) is 0 Å². The number of hydrogen-bond acceptors (Lipinski definition) is 8. The maximum Gasteiger partial charge on any atom is 0.331 e. The molecule has 2 bridgehead atoms. The van der Waals surface area contributed by atoms with Crippen molar-refractivity contribution in [2.45, 2.75) is 85.2 Å². The fourth-order valence-electron chi connectivity index (χ4n) is 9.89. The van der Waals surface area contributed by atoms with E-state index < -0.39 is 75.8 Å². The van der Waals surface area contributed by atoms with Crippen LogP contribution in [0.4, 0.5) is 0 Å². The Labute approximate surface area is 241 Å². The predicted molar refractivity (Wildman–Crippen MR) is 150 cm³/mol. The molecule has 1 aromatic carbocycles. The van der Waals surface area contributed by atoms with E-state index >= 15 is 0 Å². The van der Waals surface area contributed by atoms with Crippen molar-refractivity contribution in [3.63, 3.8) is 0 Å². The third-order valence-corrected chi connectivity index (χ3v) is 11.2. The zero-order chi connectivity index (χ0) is 30.1. The fraction of sp³-hybridized carbons (Fsp3) is 0.576. The first-order chi connectivity index (χ1) is 19.2. The number of hydrogen-bond donors (Lipinski definition) is 1. The highest BCUT2D eigenvalue weighted by atomic mass is 16.6. The second kappa shape index (κ2) is 9.65. The molecule has 8 heteroatoms. The molecule has 4 unspecified atom stereocenters. The molecule has 0 saturated heterocycles. The molecule has 0 aliphatic heterocycles. The van der Waals surface area contributed by atoms with Crippen molar-refractivity contribution in [2.75, 3.05) is 0 Å². The number of ether oxygens (including phenoxy) is 3. The van der Waals surface area contributed by atoms with E-state index in [9.17, 15) is 24.3 Å². The summed E-state index contributed by atoms with van der Waals surface area (Å²) < 4.78 is 18.1. The molecule has 4 saturated carbocycles. The molecule has 1 N–H and O–H groups in total. The van der Waals surface area contributed by atoms with E-state index in [0.29, 0.717) is 18.4 Å². The summed E-state index contributed by atoms with van der Waals surface area (Å²) in [6.07, 6.45) is 0.0890. The number of carbonyl (C=O) groups is 4. The largest absolute Gasteiger partial charge is 0.461 e. The second-order valence-corrected chi connectivity index (χ2v) is 13.1. The number of rotatable bonds is 5. The molecule has 2 spiro atoms. The second-order valence-electron chi connectivity index (χ2n) is 13.1. The molecule has 4 fully saturated rings. The number of ketones is 1. The molecule has 0 heterocycles. The molecule has 4 aliphatic carbocycles. The number of aliphatic hydroxyl groups is 1. The molecule has 220 valence electrons. The minimum absolute atomic E-state index is 0.0501. The number of benzene rings is 1. The van der Waals surface area contributed by atoms with Gasteiger partial charge in [-0.15, -0.1) is 0 Å². The van der Waals surface area contributed by atoms with Gasteiger partial charge < -0.3 is 19.3 Å². The van der Waals surface area contributed by atoms with E-state index in [1.807, 2.05) is 58.0 Å². The molecular formula is C33H40O8. The first-order valence-corrected chi connectivity index (χ1v) is 14.4. The van der Waals surface area contributed by atoms with Crippen molar-refractivity contribution in [1.29, 1.82) is 0 Å². The third-order valence-electron chi connectivity index (χ3n) is 11.2. The van der Waals surface area contributed by atoms with Gasteiger partial charge in [0.15, 0.2) is 0 Å². The fourth-order valence-corrected chi connectivity index (χ4v) is 9.89. The van der Waals surface area contributed by atoms with E-state index in [1.165, 1.54) is 19.9 Å². The van der Waals surface area contributed by atoms with Crippen molar-refractivity contribution < 1.29 is 38.5 Å². The first-order valence-electron chi connectivity index (χ1n) is 14.4. The van der Waals surface area contributed by atoms with Gasteiger partial charge in [-0.1, -0.05) is 64.6 Å². The monoisotopic (exact) mass is 564 g/mol. The lowest BCUT2D eigenvalue weighted by Crippen LogP contribution is -2.63. The van der Waals surface area contributed by atoms with Gasteiger partial charge in [-0.25, -0.2) is 4.79 Å². The Morgan fingerprint density at radius 1 is 1.00 bits per heavy atom. The van der Waals surface area contributed by atoms with Crippen molar-refractivity contribution in [2.24, 2.45) is 33.5 Å². The van der Waals surface area contributed by atoms with Crippen LogP contribution < -0.4 is 0 Å². The van der Waals surface area contributed by atoms with E-state index in [0.717, 1.165) is 5.56 Å². The molecule has 9 atom stereocenters. The molecule has 41 heavy (non-hydrogen) atoms. The summed E-state index contributed by atoms with van der Waals surface area (Å²) in [4.78, 5) is 51.8. The molecule has 1 aromatic rings. The molecule has 8 nitrogen and oxygen atoms in total. The standard InChI is InChI=1S/C33H40O8/c1-18-24(36)17-23-28(39-20(3)34)33-19(2)25(41-26(37)14-13-22-11-9-8-10-12-22)15-16-31(33,7)29(40-21(4)35)27(38)32(18,33)30(23,5)6/h8-14,18,23,25,27-29,38H,2,15-17H2,1,3-7H3/b14-13+/t18?,23-,25-,27-,28?,29-,31-,32?,33?/m0/s1. The summed E-state index contributed by atoms with van der Waals surface area (Å²) in [6.45, 7) is 14.9. The van der Waals surface area contributed by atoms with Gasteiger partial charge in [0.25, 0.3) is 0 Å². The van der Waals surface area contributed by atoms with Crippen LogP contribution in [0.25, 0.3) is 6.08 Å². The zero-order valence-electron chi connectivity index (χ0n) is 24.6. The zero-order valence-corrected chi connectivity index (χ0v) is 24.6. The van der Waals surface area contributed by atoms with Crippen molar-refractivity contribution in [3.05, 3.63) is 54.1 Å². The highest BCUT2D eigenvalue weighted by Crippen LogP contribution is 2.86. The topological polar surface area (TPSA) is 116 Å². The van der Waals surface area contributed by atoms with Crippen LogP contribution in [0.2, 0.25) is 0 Å². The SMILES string of the molecule is C=C1[C@@H](OC(=O)/C=C/c2ccccc2)CC[C@@]2(C)[C@@H](OC(C)=O)[C@H](O)C34C(C)C(=O)C[C@@H](C(OC(C)=O)C132)C4(C)C. The minimum Gasteiger partial charge on any atom is -0.461 e. The van der Waals surface area contributed by atoms with Crippen LogP contribution >= 0.6 is 0 Å². The van der Waals surface area contributed by atoms with Gasteiger partial charge >= 0.3 is 17.9 Å². The van der Waals surface area contributed by atoms with Gasteiger partial charge in [0, 0.05) is 49.0 Å². The lowest BCUT2D eigenvalue weighted by Gasteiger charge is -2.60. The van der Waals surface area contributed by atoms with Crippen LogP contribution in [0.3, 0.4) is 0 Å². The van der Waals surface area contributed by atoms with Crippen LogP contribution in [-0.4, -0.2) is 53.2 Å². The van der Waals surface area contributed by atoms with E-state index in [4.69, 9.17) is 14.2 Å². The van der Waals surface area contributed by atoms with Crippen molar-refractivity contribution >= 4 is 29.8 Å². The van der Waals surface area contributed by atoms with E-state index in [1.54, 1.807) is 6.08 Å². The summed E-state index contributed by atoms with van der Waals surface area (Å²) in [5, 5.41) is 12.3. The lowest BCUT2D eigenvalue weighted by molar-refractivity contribution is -0.182. The van der Waals surface area contributed by atoms with Gasteiger partial charge in [-0.2, -0.15) is 0 Å². The number of fused-ring (bicyclic) bond motifs is 1. The van der Waals surface area contributed by atoms with Gasteiger partial charge in [-0.3, -0.25) is 14.4 Å². The quantitative estimate of drug-likeness (QED) is 0.242. The Morgan fingerprint density at radius 2 is 1.61 bits per heavy atom. The van der Waals surface area contributed by atoms with E-state index in [-0.39, 0.29) is 12.2 Å². The Morgan fingerprint density at radius 3 is 2.22 bits per heavy atom. The van der Waals surface area contributed by atoms with Gasteiger partial charge in [-0.05, 0) is 35.5 Å². The Bertz CT molecular complexity index is 1330. The molecule has 5 rings (SSSR count). The Balaban J connectivity index is 1.68. The summed E-state index contributed by atoms with van der Waals surface area (Å²) in [5.41, 5.74) is -2.81. The number of esters is 3. The highest BCUT2D eigenvalue weighted by molar-refractivity contribution is 5.88. The van der Waals surface area contributed by atoms with Gasteiger partial charge in [0.2, 0.25) is 0 Å². The molecule has 0 aromatic heterocycles. The average Bonchev–Trinajstić information content (AvgIpc) is 3.13. The van der Waals surface area contributed by atoms with Gasteiger partial charge in [0.1, 0.15) is 24.1 Å². The number of carbonyl (C=O) groups excluding carboxylic acids is 4. The first kappa shape index (κ1) is 29.2. The Kier molecular flexibility index (Phi) is 6.88. The summed E-state index contributed by atoms with van der Waals surface area (Å²) in [5.74, 6) is -2.78. The molecule has 0 radical (unpaired) electrons. The molecule has 4 aliphatic rings. The number of Topliss-reactive ketones (excluding diaryl/α,β-unsaturated/α-hetero) is 1. The van der Waals surface area contributed by atoms with Crippen LogP contribution in [-0.2, 0) is 33.4 Å². The molecular weight excluding hydrogens is 524 g/mol. The van der Waals surface area contributed by atoms with Gasteiger partial charge in [0.05, 0.1) is 11.5 Å². The van der Waals surface area contributed by atoms with Crippen LogP contribution in [0.1, 0.15) is 66.4 Å². The maximum absolute atomic E-state index is 13.7. The predicted octanol–water partition coefficient (Wildman–Crippen LogP) is 4.44. The van der Waals surface area contributed by atoms with E-state index in [2.05, 4.69) is 6.58 Å². The third kappa shape index (κ3) is 3.62.